The predicted molar refractivity (Wildman–Crippen MR) is 75.0 cm³/mol. The highest BCUT2D eigenvalue weighted by atomic mass is 35.5. The summed E-state index contributed by atoms with van der Waals surface area (Å²) in [5.74, 6) is -1.42. The van der Waals surface area contributed by atoms with Crippen molar-refractivity contribution in [1.82, 2.24) is 0 Å². The van der Waals surface area contributed by atoms with Crippen LogP contribution in [0.15, 0.2) is 18.2 Å². The number of carbonyl (C=O) groups excluding carboxylic acids is 1. The number of rotatable bonds is 6. The number of nitrogen functional groups attached to an aromatic ring is 1. The molecule has 0 aromatic heterocycles. The van der Waals surface area contributed by atoms with Gasteiger partial charge in [-0.1, -0.05) is 11.6 Å². The topological polar surface area (TPSA) is 98.5 Å². The van der Waals surface area contributed by atoms with Gasteiger partial charge >= 0.3 is 0 Å². The first-order chi connectivity index (χ1) is 8.84. The fourth-order valence-electron chi connectivity index (χ4n) is 1.30. The van der Waals surface area contributed by atoms with Crippen molar-refractivity contribution < 1.29 is 17.9 Å². The zero-order chi connectivity index (χ0) is 14.5. The zero-order valence-corrected chi connectivity index (χ0v) is 11.9. The average Bonchev–Trinajstić information content (AvgIpc) is 2.30. The molecule has 19 heavy (non-hydrogen) atoms. The third kappa shape index (κ3) is 5.46. The lowest BCUT2D eigenvalue weighted by Gasteiger charge is -2.07. The SMILES string of the molecule is COCCS(=O)(=O)CC(=O)Nc1ccc(Cl)c(N)c1. The number of ether oxygens (including phenoxy) is 1. The van der Waals surface area contributed by atoms with Crippen LogP contribution in [0.4, 0.5) is 11.4 Å². The Labute approximate surface area is 116 Å². The van der Waals surface area contributed by atoms with E-state index in [1.807, 2.05) is 0 Å². The van der Waals surface area contributed by atoms with E-state index in [4.69, 9.17) is 17.3 Å². The van der Waals surface area contributed by atoms with Gasteiger partial charge in [0.25, 0.3) is 0 Å². The van der Waals surface area contributed by atoms with Crippen molar-refractivity contribution in [3.05, 3.63) is 23.2 Å². The standard InChI is InChI=1S/C11H15ClN2O4S/c1-18-4-5-19(16,17)7-11(15)14-8-2-3-9(12)10(13)6-8/h2-3,6H,4-5,7,13H2,1H3,(H,14,15). The molecular formula is C11H15ClN2O4S. The summed E-state index contributed by atoms with van der Waals surface area (Å²) in [4.78, 5) is 11.6. The van der Waals surface area contributed by atoms with E-state index in [1.54, 1.807) is 6.07 Å². The van der Waals surface area contributed by atoms with Crippen LogP contribution in [0, 0.1) is 0 Å². The number of carbonyl (C=O) groups is 1. The number of methoxy groups -OCH3 is 1. The van der Waals surface area contributed by atoms with E-state index in [0.29, 0.717) is 16.4 Å². The van der Waals surface area contributed by atoms with Crippen molar-refractivity contribution in [2.45, 2.75) is 0 Å². The predicted octanol–water partition coefficient (Wildman–Crippen LogP) is 0.922. The Morgan fingerprint density at radius 3 is 2.74 bits per heavy atom. The summed E-state index contributed by atoms with van der Waals surface area (Å²) in [5.41, 5.74) is 6.28. The van der Waals surface area contributed by atoms with Crippen LogP contribution < -0.4 is 11.1 Å². The Bertz CT molecular complexity index is 560. The van der Waals surface area contributed by atoms with Gasteiger partial charge in [0.15, 0.2) is 9.84 Å². The molecule has 1 amide bonds. The highest BCUT2D eigenvalue weighted by Crippen LogP contribution is 2.22. The summed E-state index contributed by atoms with van der Waals surface area (Å²) < 4.78 is 27.7. The lowest BCUT2D eigenvalue weighted by atomic mass is 10.3. The fraction of sp³-hybridized carbons (Fsp3) is 0.364. The molecule has 0 bridgehead atoms. The first-order valence-electron chi connectivity index (χ1n) is 5.38. The molecule has 106 valence electrons. The first-order valence-corrected chi connectivity index (χ1v) is 7.58. The van der Waals surface area contributed by atoms with Gasteiger partial charge < -0.3 is 15.8 Å². The number of nitrogens with one attached hydrogen (secondary N) is 1. The van der Waals surface area contributed by atoms with E-state index in [-0.39, 0.29) is 12.4 Å². The molecule has 1 rings (SSSR count). The Kier molecular flexibility index (Phi) is 5.59. The van der Waals surface area contributed by atoms with Gasteiger partial charge in [-0.3, -0.25) is 4.79 Å². The number of amides is 1. The lowest BCUT2D eigenvalue weighted by Crippen LogP contribution is -2.26. The van der Waals surface area contributed by atoms with Crippen LogP contribution in [0.2, 0.25) is 5.02 Å². The number of hydrogen-bond acceptors (Lipinski definition) is 5. The molecule has 0 heterocycles. The van der Waals surface area contributed by atoms with E-state index >= 15 is 0 Å². The Balaban J connectivity index is 2.62. The molecule has 6 nitrogen and oxygen atoms in total. The molecule has 0 saturated carbocycles. The molecule has 0 atom stereocenters. The molecule has 0 aliphatic carbocycles. The summed E-state index contributed by atoms with van der Waals surface area (Å²) in [6.07, 6.45) is 0. The minimum absolute atomic E-state index is 0.0590. The molecule has 3 N–H and O–H groups in total. The molecule has 1 aromatic carbocycles. The van der Waals surface area contributed by atoms with E-state index in [2.05, 4.69) is 10.1 Å². The molecular weight excluding hydrogens is 292 g/mol. The van der Waals surface area contributed by atoms with E-state index in [0.717, 1.165) is 0 Å². The highest BCUT2D eigenvalue weighted by molar-refractivity contribution is 7.92. The monoisotopic (exact) mass is 306 g/mol. The molecule has 0 radical (unpaired) electrons. The van der Waals surface area contributed by atoms with Crippen molar-refractivity contribution in [3.8, 4) is 0 Å². The normalized spacial score (nSPS) is 11.3. The van der Waals surface area contributed by atoms with Crippen LogP contribution in [0.25, 0.3) is 0 Å². The number of sulfone groups is 1. The van der Waals surface area contributed by atoms with Gasteiger partial charge in [0, 0.05) is 12.8 Å². The van der Waals surface area contributed by atoms with Gasteiger partial charge in [-0.15, -0.1) is 0 Å². The summed E-state index contributed by atoms with van der Waals surface area (Å²) in [6.45, 7) is 0.0590. The third-order valence-corrected chi connectivity index (χ3v) is 4.06. The number of anilines is 2. The minimum atomic E-state index is -3.48. The molecule has 0 fully saturated rings. The van der Waals surface area contributed by atoms with E-state index < -0.39 is 21.5 Å². The second-order valence-electron chi connectivity index (χ2n) is 3.87. The third-order valence-electron chi connectivity index (χ3n) is 2.23. The maximum atomic E-state index is 11.6. The van der Waals surface area contributed by atoms with Gasteiger partial charge in [0.2, 0.25) is 5.91 Å². The van der Waals surface area contributed by atoms with Crippen molar-refractivity contribution in [3.63, 3.8) is 0 Å². The fourth-order valence-corrected chi connectivity index (χ4v) is 2.45. The first kappa shape index (κ1) is 15.7. The average molecular weight is 307 g/mol. The van der Waals surface area contributed by atoms with E-state index in [1.165, 1.54) is 19.2 Å². The van der Waals surface area contributed by atoms with Crippen molar-refractivity contribution in [1.29, 1.82) is 0 Å². The quantitative estimate of drug-likeness (QED) is 0.762. The summed E-state index contributed by atoms with van der Waals surface area (Å²) in [6, 6.07) is 4.52. The van der Waals surface area contributed by atoms with Crippen LogP contribution in [0.5, 0.6) is 0 Å². The number of hydrogen-bond donors (Lipinski definition) is 2. The second-order valence-corrected chi connectivity index (χ2v) is 6.46. The van der Waals surface area contributed by atoms with Crippen LogP contribution in [0.3, 0.4) is 0 Å². The Morgan fingerprint density at radius 2 is 2.16 bits per heavy atom. The van der Waals surface area contributed by atoms with Gasteiger partial charge in [0.05, 0.1) is 23.1 Å². The smallest absolute Gasteiger partial charge is 0.239 e. The summed E-state index contributed by atoms with van der Waals surface area (Å²) >= 11 is 5.73. The molecule has 1 aromatic rings. The maximum absolute atomic E-state index is 11.6. The minimum Gasteiger partial charge on any atom is -0.397 e. The number of nitrogens with two attached hydrogens (primary N) is 1. The van der Waals surface area contributed by atoms with Gasteiger partial charge in [0.1, 0.15) is 5.75 Å². The number of halogens is 1. The van der Waals surface area contributed by atoms with Gasteiger partial charge in [-0.2, -0.15) is 0 Å². The van der Waals surface area contributed by atoms with Gasteiger partial charge in [-0.25, -0.2) is 8.42 Å². The molecule has 8 heteroatoms. The highest BCUT2D eigenvalue weighted by Gasteiger charge is 2.16. The Morgan fingerprint density at radius 1 is 1.47 bits per heavy atom. The second kappa shape index (κ2) is 6.74. The molecule has 0 aliphatic rings. The summed E-state index contributed by atoms with van der Waals surface area (Å²) in [5, 5.41) is 2.81. The zero-order valence-electron chi connectivity index (χ0n) is 10.3. The van der Waals surface area contributed by atoms with Crippen molar-refractivity contribution >= 4 is 38.7 Å². The summed E-state index contributed by atoms with van der Waals surface area (Å²) in [7, 11) is -2.08. The largest absolute Gasteiger partial charge is 0.397 e. The van der Waals surface area contributed by atoms with Crippen molar-refractivity contribution in [2.24, 2.45) is 0 Å². The number of benzene rings is 1. The van der Waals surface area contributed by atoms with Crippen LogP contribution in [-0.2, 0) is 19.4 Å². The van der Waals surface area contributed by atoms with E-state index in [9.17, 15) is 13.2 Å². The molecule has 0 saturated heterocycles. The van der Waals surface area contributed by atoms with Crippen LogP contribution in [0.1, 0.15) is 0 Å². The Hall–Kier alpha value is -1.31. The van der Waals surface area contributed by atoms with Crippen LogP contribution >= 0.6 is 11.6 Å². The van der Waals surface area contributed by atoms with Crippen molar-refractivity contribution in [2.75, 3.05) is 36.3 Å². The van der Waals surface area contributed by atoms with Gasteiger partial charge in [-0.05, 0) is 18.2 Å². The molecule has 0 unspecified atom stereocenters. The molecule has 0 aliphatic heterocycles. The van der Waals surface area contributed by atoms with Crippen LogP contribution in [-0.4, -0.2) is 39.5 Å². The molecule has 0 spiro atoms. The lowest BCUT2D eigenvalue weighted by molar-refractivity contribution is -0.113. The maximum Gasteiger partial charge on any atom is 0.239 e.